The second-order valence-electron chi connectivity index (χ2n) is 11.7. The van der Waals surface area contributed by atoms with Crippen molar-refractivity contribution < 1.29 is 19.5 Å². The summed E-state index contributed by atoms with van der Waals surface area (Å²) in [6.45, 7) is 8.20. The minimum Gasteiger partial charge on any atom is -0.492 e. The van der Waals surface area contributed by atoms with Crippen LogP contribution >= 0.6 is 0 Å². The first-order valence-corrected chi connectivity index (χ1v) is 14.6. The van der Waals surface area contributed by atoms with Crippen molar-refractivity contribution in [3.8, 4) is 16.9 Å². The van der Waals surface area contributed by atoms with Crippen molar-refractivity contribution in [2.75, 3.05) is 49.4 Å². The molecule has 0 saturated carbocycles. The SMILES string of the molecule is Cc1cc(N2C=NC(C)O2)ccc1-c1ccc(C(=O)N2CCc3cc4c(cc32)C2(CCN(CCO)CC2)CO4)cc1. The summed E-state index contributed by atoms with van der Waals surface area (Å²) in [6.07, 6.45) is 4.38. The number of hydroxylamine groups is 1. The molecule has 1 saturated heterocycles. The lowest BCUT2D eigenvalue weighted by Crippen LogP contribution is -2.44. The van der Waals surface area contributed by atoms with Crippen molar-refractivity contribution >= 4 is 23.6 Å². The molecule has 1 unspecified atom stereocenters. The number of aryl methyl sites for hydroxylation is 1. The van der Waals surface area contributed by atoms with Crippen LogP contribution in [0.3, 0.4) is 0 Å². The Hall–Kier alpha value is -3.72. The number of anilines is 2. The number of aliphatic hydroxyl groups is 1. The topological polar surface area (TPSA) is 77.8 Å². The van der Waals surface area contributed by atoms with Crippen LogP contribution in [0.5, 0.6) is 5.75 Å². The lowest BCUT2D eigenvalue weighted by Gasteiger charge is -2.38. The number of likely N-dealkylation sites (tertiary alicyclic amines) is 1. The minimum absolute atomic E-state index is 0.00532. The number of aliphatic imine (C=N–C) groups is 1. The van der Waals surface area contributed by atoms with E-state index in [0.29, 0.717) is 18.7 Å². The number of hydrogen-bond acceptors (Lipinski definition) is 7. The van der Waals surface area contributed by atoms with E-state index in [1.54, 1.807) is 11.4 Å². The number of amides is 1. The Kier molecular flexibility index (Phi) is 6.57. The van der Waals surface area contributed by atoms with Gasteiger partial charge in [-0.3, -0.25) is 4.79 Å². The second kappa shape index (κ2) is 10.3. The highest BCUT2D eigenvalue weighted by molar-refractivity contribution is 6.07. The number of carbonyl (C=O) groups is 1. The van der Waals surface area contributed by atoms with Crippen LogP contribution in [-0.2, 0) is 16.7 Å². The van der Waals surface area contributed by atoms with E-state index in [1.165, 1.54) is 11.1 Å². The van der Waals surface area contributed by atoms with Gasteiger partial charge in [-0.25, -0.2) is 14.9 Å². The predicted molar refractivity (Wildman–Crippen MR) is 160 cm³/mol. The number of rotatable bonds is 5. The summed E-state index contributed by atoms with van der Waals surface area (Å²) in [4.78, 5) is 28.0. The lowest BCUT2D eigenvalue weighted by molar-refractivity contribution is 0.0988. The van der Waals surface area contributed by atoms with Gasteiger partial charge in [0.25, 0.3) is 5.91 Å². The van der Waals surface area contributed by atoms with Crippen molar-refractivity contribution in [2.45, 2.75) is 44.8 Å². The summed E-state index contributed by atoms with van der Waals surface area (Å²) in [7, 11) is 0. The van der Waals surface area contributed by atoms with Gasteiger partial charge in [0, 0.05) is 35.3 Å². The fourth-order valence-electron chi connectivity index (χ4n) is 6.77. The molecule has 3 aromatic rings. The van der Waals surface area contributed by atoms with Gasteiger partial charge >= 0.3 is 0 Å². The van der Waals surface area contributed by atoms with Crippen LogP contribution in [-0.4, -0.2) is 67.9 Å². The third kappa shape index (κ3) is 4.60. The molecule has 0 bridgehead atoms. The van der Waals surface area contributed by atoms with Crippen LogP contribution in [0.25, 0.3) is 11.1 Å². The normalized spacial score (nSPS) is 20.9. The average molecular weight is 553 g/mol. The summed E-state index contributed by atoms with van der Waals surface area (Å²) in [5.74, 6) is 1.02. The van der Waals surface area contributed by atoms with Gasteiger partial charge < -0.3 is 19.6 Å². The van der Waals surface area contributed by atoms with E-state index < -0.39 is 0 Å². The number of carbonyl (C=O) groups excluding carboxylic acids is 1. The summed E-state index contributed by atoms with van der Waals surface area (Å²) in [6, 6.07) is 18.6. The maximum absolute atomic E-state index is 13.8. The predicted octanol–water partition coefficient (Wildman–Crippen LogP) is 4.71. The van der Waals surface area contributed by atoms with Gasteiger partial charge in [-0.05, 0) is 105 Å². The number of ether oxygens (including phenoxy) is 1. The van der Waals surface area contributed by atoms with E-state index in [0.717, 1.165) is 72.7 Å². The van der Waals surface area contributed by atoms with Gasteiger partial charge in [0.05, 0.1) is 18.9 Å². The van der Waals surface area contributed by atoms with Crippen molar-refractivity contribution in [3.05, 3.63) is 76.9 Å². The molecular formula is C33H36N4O4. The number of piperidine rings is 1. The number of aliphatic hydroxyl groups excluding tert-OH is 1. The number of β-amino-alcohol motifs (C(OH)–C–C–N with tert-alkyl or cyclic N) is 1. The summed E-state index contributed by atoms with van der Waals surface area (Å²) in [5, 5.41) is 11.0. The Morgan fingerprint density at radius 3 is 2.59 bits per heavy atom. The first kappa shape index (κ1) is 26.2. The molecule has 4 heterocycles. The zero-order chi connectivity index (χ0) is 28.1. The van der Waals surface area contributed by atoms with Crippen LogP contribution in [0.15, 0.2) is 59.6 Å². The van der Waals surface area contributed by atoms with E-state index in [2.05, 4.69) is 41.1 Å². The molecule has 0 radical (unpaired) electrons. The Morgan fingerprint density at radius 2 is 1.88 bits per heavy atom. The van der Waals surface area contributed by atoms with Crippen molar-refractivity contribution in [1.82, 2.24) is 4.90 Å². The molecule has 0 aliphatic carbocycles. The Balaban J connectivity index is 1.10. The largest absolute Gasteiger partial charge is 0.492 e. The lowest BCUT2D eigenvalue weighted by atomic mass is 9.74. The number of fused-ring (bicyclic) bond motifs is 3. The highest BCUT2D eigenvalue weighted by Gasteiger charge is 2.44. The zero-order valence-corrected chi connectivity index (χ0v) is 23.7. The molecule has 1 atom stereocenters. The van der Waals surface area contributed by atoms with Gasteiger partial charge in [0.2, 0.25) is 0 Å². The van der Waals surface area contributed by atoms with E-state index in [4.69, 9.17) is 9.57 Å². The van der Waals surface area contributed by atoms with Gasteiger partial charge in [-0.2, -0.15) is 0 Å². The van der Waals surface area contributed by atoms with Crippen LogP contribution in [0.1, 0.15) is 46.8 Å². The summed E-state index contributed by atoms with van der Waals surface area (Å²) < 4.78 is 6.21. The zero-order valence-electron chi connectivity index (χ0n) is 23.7. The van der Waals surface area contributed by atoms with Crippen LogP contribution in [0.4, 0.5) is 11.4 Å². The molecule has 1 amide bonds. The molecule has 3 aromatic carbocycles. The highest BCUT2D eigenvalue weighted by Crippen LogP contribution is 2.49. The van der Waals surface area contributed by atoms with Crippen LogP contribution in [0.2, 0.25) is 0 Å². The number of benzene rings is 3. The molecule has 1 N–H and O–H groups in total. The van der Waals surface area contributed by atoms with Crippen molar-refractivity contribution in [1.29, 1.82) is 0 Å². The van der Waals surface area contributed by atoms with Gasteiger partial charge in [-0.15, -0.1) is 0 Å². The summed E-state index contributed by atoms with van der Waals surface area (Å²) >= 11 is 0. The number of hydrogen-bond donors (Lipinski definition) is 1. The summed E-state index contributed by atoms with van der Waals surface area (Å²) in [5.41, 5.74) is 8.38. The third-order valence-electron chi connectivity index (χ3n) is 9.18. The molecule has 41 heavy (non-hydrogen) atoms. The number of nitrogens with zero attached hydrogens (tertiary/aromatic N) is 4. The van der Waals surface area contributed by atoms with Crippen LogP contribution in [0, 0.1) is 6.92 Å². The monoisotopic (exact) mass is 552 g/mol. The van der Waals surface area contributed by atoms with Gasteiger partial charge in [0.15, 0.2) is 6.23 Å². The first-order chi connectivity index (χ1) is 19.9. The van der Waals surface area contributed by atoms with E-state index in [1.807, 2.05) is 42.2 Å². The third-order valence-corrected chi connectivity index (χ3v) is 9.18. The van der Waals surface area contributed by atoms with Crippen LogP contribution < -0.4 is 14.7 Å². The fraction of sp³-hybridized carbons (Fsp3) is 0.394. The minimum atomic E-state index is -0.173. The standard InChI is InChI=1S/C33H36N4O4/c1-22-17-27(37-21-34-23(2)41-37)7-8-28(22)24-3-5-25(6-4-24)32(39)36-12-9-26-18-31-29(19-30(26)36)33(20-40-31)10-13-35(14-11-33)15-16-38/h3-8,17-19,21,23,38H,9-16,20H2,1-2H3. The second-order valence-corrected chi connectivity index (χ2v) is 11.7. The molecule has 8 heteroatoms. The maximum atomic E-state index is 13.8. The molecular weight excluding hydrogens is 516 g/mol. The van der Waals surface area contributed by atoms with Gasteiger partial charge in [0.1, 0.15) is 12.1 Å². The molecule has 4 aliphatic rings. The Morgan fingerprint density at radius 1 is 1.07 bits per heavy atom. The molecule has 7 rings (SSSR count). The average Bonchev–Trinajstić information content (AvgIpc) is 3.70. The van der Waals surface area contributed by atoms with E-state index >= 15 is 0 Å². The molecule has 0 aromatic heterocycles. The highest BCUT2D eigenvalue weighted by atomic mass is 16.7. The van der Waals surface area contributed by atoms with E-state index in [9.17, 15) is 9.90 Å². The smallest absolute Gasteiger partial charge is 0.258 e. The molecule has 4 aliphatic heterocycles. The maximum Gasteiger partial charge on any atom is 0.258 e. The Bertz CT molecular complexity index is 1510. The van der Waals surface area contributed by atoms with Crippen molar-refractivity contribution in [2.24, 2.45) is 4.99 Å². The van der Waals surface area contributed by atoms with Crippen molar-refractivity contribution in [3.63, 3.8) is 0 Å². The fourth-order valence-corrected chi connectivity index (χ4v) is 6.77. The first-order valence-electron chi connectivity index (χ1n) is 14.6. The molecule has 1 fully saturated rings. The van der Waals surface area contributed by atoms with Gasteiger partial charge in [-0.1, -0.05) is 18.2 Å². The molecule has 8 nitrogen and oxygen atoms in total. The quantitative estimate of drug-likeness (QED) is 0.494. The Labute approximate surface area is 240 Å². The van der Waals surface area contributed by atoms with E-state index in [-0.39, 0.29) is 24.2 Å². The molecule has 212 valence electrons. The molecule has 1 spiro atoms.